The topological polar surface area (TPSA) is 67.2 Å². The number of rotatable bonds is 4. The molecule has 1 aromatic rings. The Morgan fingerprint density at radius 1 is 1.50 bits per heavy atom. The smallest absolute Gasteiger partial charge is 0.234 e. The lowest BCUT2D eigenvalue weighted by Crippen LogP contribution is -2.44. The average molecular weight is 225 g/mol. The molecule has 0 unspecified atom stereocenters. The lowest BCUT2D eigenvalue weighted by molar-refractivity contribution is -0.121. The van der Waals surface area contributed by atoms with Gasteiger partial charge in [0.25, 0.3) is 0 Å². The molecule has 2 N–H and O–H groups in total. The van der Waals surface area contributed by atoms with Crippen LogP contribution in [-0.2, 0) is 11.3 Å². The normalized spacial score (nSPS) is 11.5. The van der Waals surface area contributed by atoms with Crippen molar-refractivity contribution < 1.29 is 9.32 Å². The Kier molecular flexibility index (Phi) is 4.06. The van der Waals surface area contributed by atoms with Gasteiger partial charge in [0.15, 0.2) is 0 Å². The molecule has 0 aliphatic rings. The van der Waals surface area contributed by atoms with E-state index in [1.807, 2.05) is 33.8 Å². The first kappa shape index (κ1) is 12.7. The van der Waals surface area contributed by atoms with Crippen LogP contribution in [0.1, 0.15) is 32.2 Å². The lowest BCUT2D eigenvalue weighted by Gasteiger charge is -2.20. The van der Waals surface area contributed by atoms with E-state index in [0.717, 1.165) is 11.5 Å². The molecule has 0 fully saturated rings. The molecular formula is C11H19N3O2. The van der Waals surface area contributed by atoms with Crippen molar-refractivity contribution in [2.45, 2.75) is 39.8 Å². The zero-order valence-electron chi connectivity index (χ0n) is 10.3. The first-order valence-corrected chi connectivity index (χ1v) is 5.31. The fraction of sp³-hybridized carbons (Fsp3) is 0.636. The molecule has 1 amide bonds. The number of amides is 1. The van der Waals surface area contributed by atoms with Crippen molar-refractivity contribution in [1.29, 1.82) is 0 Å². The highest BCUT2D eigenvalue weighted by Gasteiger charge is 2.13. The van der Waals surface area contributed by atoms with Crippen LogP contribution in [0.2, 0.25) is 0 Å². The van der Waals surface area contributed by atoms with Crippen molar-refractivity contribution in [1.82, 2.24) is 15.8 Å². The van der Waals surface area contributed by atoms with Crippen LogP contribution < -0.4 is 10.6 Å². The van der Waals surface area contributed by atoms with Crippen LogP contribution in [0.5, 0.6) is 0 Å². The van der Waals surface area contributed by atoms with Gasteiger partial charge in [-0.1, -0.05) is 5.16 Å². The fourth-order valence-corrected chi connectivity index (χ4v) is 1.27. The highest BCUT2D eigenvalue weighted by molar-refractivity contribution is 5.78. The van der Waals surface area contributed by atoms with Gasteiger partial charge in [0.05, 0.1) is 12.2 Å². The summed E-state index contributed by atoms with van der Waals surface area (Å²) >= 11 is 0. The second kappa shape index (κ2) is 5.12. The maximum atomic E-state index is 11.4. The second-order valence-electron chi connectivity index (χ2n) is 4.83. The Morgan fingerprint density at radius 2 is 2.19 bits per heavy atom. The molecule has 0 radical (unpaired) electrons. The van der Waals surface area contributed by atoms with E-state index < -0.39 is 0 Å². The van der Waals surface area contributed by atoms with Gasteiger partial charge in [-0.05, 0) is 27.7 Å². The molecule has 0 aliphatic carbocycles. The first-order chi connectivity index (χ1) is 7.37. The molecule has 0 aromatic carbocycles. The van der Waals surface area contributed by atoms with Gasteiger partial charge in [0, 0.05) is 18.2 Å². The summed E-state index contributed by atoms with van der Waals surface area (Å²) in [6.45, 7) is 8.50. The largest absolute Gasteiger partial charge is 0.361 e. The molecule has 0 saturated heterocycles. The Morgan fingerprint density at radius 3 is 2.69 bits per heavy atom. The van der Waals surface area contributed by atoms with Crippen molar-refractivity contribution in [3.8, 4) is 0 Å². The van der Waals surface area contributed by atoms with Crippen LogP contribution in [0.4, 0.5) is 0 Å². The summed E-state index contributed by atoms with van der Waals surface area (Å²) in [5.41, 5.74) is 0.615. The van der Waals surface area contributed by atoms with Crippen molar-refractivity contribution in [3.63, 3.8) is 0 Å². The molecule has 16 heavy (non-hydrogen) atoms. The van der Waals surface area contributed by atoms with Crippen molar-refractivity contribution >= 4 is 5.91 Å². The van der Waals surface area contributed by atoms with Gasteiger partial charge in [-0.2, -0.15) is 0 Å². The van der Waals surface area contributed by atoms with E-state index in [2.05, 4.69) is 15.8 Å². The van der Waals surface area contributed by atoms with E-state index in [1.54, 1.807) is 0 Å². The maximum Gasteiger partial charge on any atom is 0.234 e. The summed E-state index contributed by atoms with van der Waals surface area (Å²) in [7, 11) is 0. The number of carbonyl (C=O) groups excluding carboxylic acids is 1. The van der Waals surface area contributed by atoms with E-state index in [9.17, 15) is 4.79 Å². The van der Waals surface area contributed by atoms with Gasteiger partial charge in [0.2, 0.25) is 5.91 Å². The summed E-state index contributed by atoms with van der Waals surface area (Å²) in [6, 6.07) is 1.84. The van der Waals surface area contributed by atoms with Crippen molar-refractivity contribution in [2.24, 2.45) is 0 Å². The molecular weight excluding hydrogens is 206 g/mol. The minimum atomic E-state index is -0.191. The van der Waals surface area contributed by atoms with E-state index >= 15 is 0 Å². The third-order valence-electron chi connectivity index (χ3n) is 1.78. The Balaban J connectivity index is 2.23. The van der Waals surface area contributed by atoms with Crippen LogP contribution >= 0.6 is 0 Å². The summed E-state index contributed by atoms with van der Waals surface area (Å²) in [6.07, 6.45) is 0. The van der Waals surface area contributed by atoms with Crippen LogP contribution in [0, 0.1) is 6.92 Å². The average Bonchev–Trinajstić information content (AvgIpc) is 2.48. The van der Waals surface area contributed by atoms with Gasteiger partial charge in [0.1, 0.15) is 5.76 Å². The van der Waals surface area contributed by atoms with Crippen LogP contribution in [0.3, 0.4) is 0 Å². The Hall–Kier alpha value is -1.36. The number of aromatic nitrogens is 1. The van der Waals surface area contributed by atoms with E-state index in [0.29, 0.717) is 6.54 Å². The van der Waals surface area contributed by atoms with Crippen LogP contribution in [0.25, 0.3) is 0 Å². The SMILES string of the molecule is Cc1cc(CNCC(=O)NC(C)(C)C)no1. The molecule has 90 valence electrons. The Labute approximate surface area is 95.6 Å². The van der Waals surface area contributed by atoms with Gasteiger partial charge >= 0.3 is 0 Å². The van der Waals surface area contributed by atoms with Gasteiger partial charge in [-0.3, -0.25) is 4.79 Å². The molecule has 5 nitrogen and oxygen atoms in total. The molecule has 0 bridgehead atoms. The van der Waals surface area contributed by atoms with Crippen LogP contribution in [-0.4, -0.2) is 23.1 Å². The standard InChI is InChI=1S/C11H19N3O2/c1-8-5-9(14-16-8)6-12-7-10(15)13-11(2,3)4/h5,12H,6-7H2,1-4H3,(H,13,15). The highest BCUT2D eigenvalue weighted by Crippen LogP contribution is 2.00. The lowest BCUT2D eigenvalue weighted by atomic mass is 10.1. The maximum absolute atomic E-state index is 11.4. The molecule has 0 spiro atoms. The van der Waals surface area contributed by atoms with Gasteiger partial charge in [-0.25, -0.2) is 0 Å². The third kappa shape index (κ3) is 4.93. The highest BCUT2D eigenvalue weighted by atomic mass is 16.5. The summed E-state index contributed by atoms with van der Waals surface area (Å²) in [5, 5.41) is 9.69. The molecule has 5 heteroatoms. The molecule has 1 heterocycles. The first-order valence-electron chi connectivity index (χ1n) is 5.31. The van der Waals surface area contributed by atoms with Gasteiger partial charge < -0.3 is 15.2 Å². The molecule has 1 aromatic heterocycles. The molecule has 1 rings (SSSR count). The predicted octanol–water partition coefficient (Wildman–Crippen LogP) is 0.987. The number of nitrogens with one attached hydrogen (secondary N) is 2. The zero-order valence-corrected chi connectivity index (χ0v) is 10.3. The second-order valence-corrected chi connectivity index (χ2v) is 4.83. The van der Waals surface area contributed by atoms with E-state index in [-0.39, 0.29) is 18.0 Å². The predicted molar refractivity (Wildman–Crippen MR) is 60.8 cm³/mol. The molecule has 0 saturated carbocycles. The number of aryl methyl sites for hydroxylation is 1. The van der Waals surface area contributed by atoms with Gasteiger partial charge in [-0.15, -0.1) is 0 Å². The van der Waals surface area contributed by atoms with Crippen molar-refractivity contribution in [2.75, 3.05) is 6.54 Å². The quantitative estimate of drug-likeness (QED) is 0.801. The summed E-state index contributed by atoms with van der Waals surface area (Å²) < 4.78 is 4.91. The van der Waals surface area contributed by atoms with E-state index in [1.165, 1.54) is 0 Å². The number of hydrogen-bond donors (Lipinski definition) is 2. The third-order valence-corrected chi connectivity index (χ3v) is 1.78. The number of nitrogens with zero attached hydrogens (tertiary/aromatic N) is 1. The molecule has 0 aliphatic heterocycles. The molecule has 0 atom stereocenters. The van der Waals surface area contributed by atoms with Crippen LogP contribution in [0.15, 0.2) is 10.6 Å². The fourth-order valence-electron chi connectivity index (χ4n) is 1.27. The zero-order chi connectivity index (χ0) is 12.2. The minimum Gasteiger partial charge on any atom is -0.361 e. The van der Waals surface area contributed by atoms with E-state index in [4.69, 9.17) is 4.52 Å². The summed E-state index contributed by atoms with van der Waals surface area (Å²) in [4.78, 5) is 11.4. The number of carbonyl (C=O) groups is 1. The Bertz CT molecular complexity index is 352. The minimum absolute atomic E-state index is 0.0206. The monoisotopic (exact) mass is 225 g/mol. The van der Waals surface area contributed by atoms with Crippen molar-refractivity contribution in [3.05, 3.63) is 17.5 Å². The number of hydrogen-bond acceptors (Lipinski definition) is 4. The summed E-state index contributed by atoms with van der Waals surface area (Å²) in [5.74, 6) is 0.753.